The fraction of sp³-hybridized carbons (Fsp3) is 0.0625. The Balaban J connectivity index is 1.86. The van der Waals surface area contributed by atoms with Crippen LogP contribution in [-0.2, 0) is 0 Å². The summed E-state index contributed by atoms with van der Waals surface area (Å²) < 4.78 is 0. The molecule has 5 heteroatoms. The minimum Gasteiger partial charge on any atom is -0.305 e. The number of hydrogen-bond acceptors (Lipinski definition) is 4. The third kappa shape index (κ3) is 3.03. The first-order chi connectivity index (χ1) is 10.2. The normalized spacial score (nSPS) is 10.7. The van der Waals surface area contributed by atoms with Crippen molar-refractivity contribution in [1.82, 2.24) is 9.97 Å². The zero-order valence-corrected chi connectivity index (χ0v) is 11.9. The fourth-order valence-electron chi connectivity index (χ4n) is 2.03. The van der Waals surface area contributed by atoms with Crippen molar-refractivity contribution in [2.24, 2.45) is 0 Å². The summed E-state index contributed by atoms with van der Waals surface area (Å²) in [6.45, 7) is 0. The van der Waals surface area contributed by atoms with Gasteiger partial charge in [0, 0.05) is 10.9 Å². The molecular weight excluding hydrogens is 284 g/mol. The molecule has 0 fully saturated rings. The number of aromatic amines is 1. The van der Waals surface area contributed by atoms with Crippen molar-refractivity contribution in [1.29, 1.82) is 0 Å². The first-order valence-electron chi connectivity index (χ1n) is 6.44. The molecule has 0 atom stereocenters. The van der Waals surface area contributed by atoms with Crippen LogP contribution >= 0.6 is 11.8 Å². The number of para-hydroxylation sites is 1. The Bertz CT molecular complexity index is 844. The predicted octanol–water partition coefficient (Wildman–Crippen LogP) is 2.90. The van der Waals surface area contributed by atoms with E-state index in [0.29, 0.717) is 10.6 Å². The third-order valence-corrected chi connectivity index (χ3v) is 4.03. The van der Waals surface area contributed by atoms with Gasteiger partial charge in [0.05, 0.1) is 11.3 Å². The molecule has 0 aliphatic heterocycles. The molecule has 0 amide bonds. The van der Waals surface area contributed by atoms with Crippen LogP contribution in [0, 0.1) is 0 Å². The van der Waals surface area contributed by atoms with Crippen molar-refractivity contribution in [3.05, 3.63) is 70.6 Å². The quantitative estimate of drug-likeness (QED) is 0.457. The molecule has 1 aromatic heterocycles. The highest BCUT2D eigenvalue weighted by atomic mass is 32.2. The average Bonchev–Trinajstić information content (AvgIpc) is 2.53. The maximum absolute atomic E-state index is 12.1. The van der Waals surface area contributed by atoms with Gasteiger partial charge < -0.3 is 4.98 Å². The molecule has 2 aromatic carbocycles. The second-order valence-electron chi connectivity index (χ2n) is 4.47. The molecule has 1 N–H and O–H groups in total. The Hall–Kier alpha value is -2.40. The van der Waals surface area contributed by atoms with E-state index in [4.69, 9.17) is 0 Å². The molecule has 1 heterocycles. The number of H-pyrrole nitrogens is 1. The van der Waals surface area contributed by atoms with Crippen LogP contribution in [0.5, 0.6) is 0 Å². The number of aromatic nitrogens is 2. The first kappa shape index (κ1) is 13.6. The van der Waals surface area contributed by atoms with E-state index in [1.807, 2.05) is 42.5 Å². The third-order valence-electron chi connectivity index (χ3n) is 3.04. The monoisotopic (exact) mass is 296 g/mol. The molecule has 0 aliphatic rings. The van der Waals surface area contributed by atoms with E-state index in [-0.39, 0.29) is 11.5 Å². The highest BCUT2D eigenvalue weighted by Gasteiger charge is 2.10. The van der Waals surface area contributed by atoms with Gasteiger partial charge in [0.15, 0.2) is 5.78 Å². The first-order valence-corrected chi connectivity index (χ1v) is 7.43. The standard InChI is InChI=1S/C16H12N2O2S/c19-14(11-6-2-1-3-7-11)10-21-15-12-8-4-5-9-13(12)17-16(20)18-15/h1-9H,10H2,(H,17,18,20). The Morgan fingerprint density at radius 3 is 2.57 bits per heavy atom. The topological polar surface area (TPSA) is 62.8 Å². The molecule has 0 saturated carbocycles. The molecule has 0 bridgehead atoms. The zero-order valence-electron chi connectivity index (χ0n) is 11.1. The van der Waals surface area contributed by atoms with Crippen LogP contribution < -0.4 is 5.69 Å². The van der Waals surface area contributed by atoms with Gasteiger partial charge in [-0.15, -0.1) is 0 Å². The number of ketones is 1. The summed E-state index contributed by atoms with van der Waals surface area (Å²) in [4.78, 5) is 30.3. The largest absolute Gasteiger partial charge is 0.346 e. The van der Waals surface area contributed by atoms with E-state index < -0.39 is 5.69 Å². The van der Waals surface area contributed by atoms with Crippen molar-refractivity contribution in [3.63, 3.8) is 0 Å². The fourth-order valence-corrected chi connectivity index (χ4v) is 2.94. The van der Waals surface area contributed by atoms with Crippen LogP contribution in [0.15, 0.2) is 64.4 Å². The SMILES string of the molecule is O=C(CSc1nc(=O)[nH]c2ccccc12)c1ccccc1. The molecular formula is C16H12N2O2S. The molecule has 3 rings (SSSR count). The molecule has 104 valence electrons. The molecule has 4 nitrogen and oxygen atoms in total. The second-order valence-corrected chi connectivity index (χ2v) is 5.43. The highest BCUT2D eigenvalue weighted by Crippen LogP contribution is 2.23. The van der Waals surface area contributed by atoms with Gasteiger partial charge >= 0.3 is 5.69 Å². The van der Waals surface area contributed by atoms with Crippen molar-refractivity contribution < 1.29 is 4.79 Å². The summed E-state index contributed by atoms with van der Waals surface area (Å²) in [7, 11) is 0. The molecule has 0 saturated heterocycles. The lowest BCUT2D eigenvalue weighted by atomic mass is 10.2. The number of benzene rings is 2. The number of nitrogens with one attached hydrogen (secondary N) is 1. The minimum absolute atomic E-state index is 0.0202. The second kappa shape index (κ2) is 5.93. The molecule has 0 spiro atoms. The van der Waals surface area contributed by atoms with Gasteiger partial charge in [-0.25, -0.2) is 4.79 Å². The van der Waals surface area contributed by atoms with E-state index >= 15 is 0 Å². The van der Waals surface area contributed by atoms with E-state index in [2.05, 4.69) is 9.97 Å². The van der Waals surface area contributed by atoms with Gasteiger partial charge in [0.1, 0.15) is 5.03 Å². The lowest BCUT2D eigenvalue weighted by Crippen LogP contribution is -2.12. The van der Waals surface area contributed by atoms with Crippen LogP contribution in [0.1, 0.15) is 10.4 Å². The zero-order chi connectivity index (χ0) is 14.7. The number of carbonyl (C=O) groups excluding carboxylic acids is 1. The number of fused-ring (bicyclic) bond motifs is 1. The van der Waals surface area contributed by atoms with Gasteiger partial charge in [0.2, 0.25) is 0 Å². The smallest absolute Gasteiger partial charge is 0.305 e. The summed E-state index contributed by atoms with van der Waals surface area (Å²) in [5.41, 5.74) is 0.995. The van der Waals surface area contributed by atoms with Crippen LogP contribution in [-0.4, -0.2) is 21.5 Å². The number of rotatable bonds is 4. The summed E-state index contributed by atoms with van der Waals surface area (Å²) in [6.07, 6.45) is 0. The van der Waals surface area contributed by atoms with Crippen molar-refractivity contribution >= 4 is 28.4 Å². The maximum Gasteiger partial charge on any atom is 0.346 e. The molecule has 0 unspecified atom stereocenters. The number of carbonyl (C=O) groups is 1. The van der Waals surface area contributed by atoms with Gasteiger partial charge in [-0.3, -0.25) is 4.79 Å². The lowest BCUT2D eigenvalue weighted by Gasteiger charge is -2.04. The van der Waals surface area contributed by atoms with Crippen LogP contribution in [0.3, 0.4) is 0 Å². The lowest BCUT2D eigenvalue weighted by molar-refractivity contribution is 0.102. The van der Waals surface area contributed by atoms with Crippen molar-refractivity contribution in [3.8, 4) is 0 Å². The maximum atomic E-state index is 12.1. The Labute approximate surface area is 125 Å². The summed E-state index contributed by atoms with van der Waals surface area (Å²) in [5, 5.41) is 1.43. The summed E-state index contributed by atoms with van der Waals surface area (Å²) in [6, 6.07) is 16.5. The van der Waals surface area contributed by atoms with Crippen LogP contribution in [0.4, 0.5) is 0 Å². The molecule has 21 heavy (non-hydrogen) atoms. The highest BCUT2D eigenvalue weighted by molar-refractivity contribution is 8.00. The average molecular weight is 296 g/mol. The van der Waals surface area contributed by atoms with Gasteiger partial charge in [0.25, 0.3) is 0 Å². The predicted molar refractivity (Wildman–Crippen MR) is 83.9 cm³/mol. The van der Waals surface area contributed by atoms with Crippen molar-refractivity contribution in [2.45, 2.75) is 5.03 Å². The van der Waals surface area contributed by atoms with Crippen LogP contribution in [0.25, 0.3) is 10.9 Å². The number of nitrogens with zero attached hydrogens (tertiary/aromatic N) is 1. The van der Waals surface area contributed by atoms with E-state index in [1.165, 1.54) is 11.8 Å². The van der Waals surface area contributed by atoms with E-state index in [9.17, 15) is 9.59 Å². The molecule has 0 aliphatic carbocycles. The molecule has 3 aromatic rings. The van der Waals surface area contributed by atoms with Crippen molar-refractivity contribution in [2.75, 3.05) is 5.75 Å². The minimum atomic E-state index is -0.400. The van der Waals surface area contributed by atoms with E-state index in [0.717, 1.165) is 10.9 Å². The van der Waals surface area contributed by atoms with Gasteiger partial charge in [-0.2, -0.15) is 4.98 Å². The number of Topliss-reactive ketones (excluding diaryl/α,β-unsaturated/α-hetero) is 1. The number of hydrogen-bond donors (Lipinski definition) is 1. The van der Waals surface area contributed by atoms with Crippen LogP contribution in [0.2, 0.25) is 0 Å². The van der Waals surface area contributed by atoms with E-state index in [1.54, 1.807) is 12.1 Å². The Morgan fingerprint density at radius 2 is 1.76 bits per heavy atom. The molecule has 0 radical (unpaired) electrons. The summed E-state index contributed by atoms with van der Waals surface area (Å²) >= 11 is 1.29. The van der Waals surface area contributed by atoms with Gasteiger partial charge in [-0.1, -0.05) is 60.3 Å². The Kier molecular flexibility index (Phi) is 3.83. The Morgan fingerprint density at radius 1 is 1.05 bits per heavy atom. The number of thioether (sulfide) groups is 1. The summed E-state index contributed by atoms with van der Waals surface area (Å²) in [5.74, 6) is 0.275. The van der Waals surface area contributed by atoms with Gasteiger partial charge in [-0.05, 0) is 6.07 Å².